The second-order valence-electron chi connectivity index (χ2n) is 11.9. The third-order valence-electron chi connectivity index (χ3n) is 7.17. The van der Waals surface area contributed by atoms with Gasteiger partial charge in [0, 0.05) is 16.8 Å². The highest BCUT2D eigenvalue weighted by atomic mass is 16.5. The number of hydrogen-bond acceptors (Lipinski definition) is 5. The Bertz CT molecular complexity index is 1420. The molecule has 0 bridgehead atoms. The van der Waals surface area contributed by atoms with E-state index in [0.717, 1.165) is 16.7 Å². The number of carbonyl (C=O) groups is 2. The molecule has 0 saturated carbocycles. The Labute approximate surface area is 230 Å². The molecule has 3 aromatic rings. The number of amides is 1. The van der Waals surface area contributed by atoms with Crippen molar-refractivity contribution >= 4 is 23.1 Å². The van der Waals surface area contributed by atoms with Crippen LogP contribution in [-0.4, -0.2) is 31.0 Å². The van der Waals surface area contributed by atoms with Crippen LogP contribution >= 0.6 is 0 Å². The van der Waals surface area contributed by atoms with Crippen molar-refractivity contribution in [3.8, 4) is 11.5 Å². The van der Waals surface area contributed by atoms with Crippen molar-refractivity contribution in [2.45, 2.75) is 58.4 Å². The van der Waals surface area contributed by atoms with Crippen molar-refractivity contribution in [2.24, 2.45) is 0 Å². The summed E-state index contributed by atoms with van der Waals surface area (Å²) in [6.45, 7) is 12.5. The van der Waals surface area contributed by atoms with Gasteiger partial charge in [-0.05, 0) is 64.4 Å². The molecular formula is C33H37NO5. The third-order valence-corrected chi connectivity index (χ3v) is 7.17. The Balaban J connectivity index is 1.94. The second kappa shape index (κ2) is 10.3. The molecule has 1 atom stereocenters. The fourth-order valence-electron chi connectivity index (χ4n) is 4.92. The molecule has 1 N–H and O–H groups in total. The topological polar surface area (TPSA) is 76.1 Å². The molecule has 6 nitrogen and oxygen atoms in total. The number of ether oxygens (including phenoxy) is 2. The van der Waals surface area contributed by atoms with Crippen molar-refractivity contribution in [3.63, 3.8) is 0 Å². The van der Waals surface area contributed by atoms with Gasteiger partial charge in [0.05, 0.1) is 25.8 Å². The molecule has 1 amide bonds. The van der Waals surface area contributed by atoms with Crippen LogP contribution in [0.15, 0.2) is 72.3 Å². The van der Waals surface area contributed by atoms with E-state index in [-0.39, 0.29) is 22.2 Å². The number of Topliss-reactive ketones (excluding diaryl/α,β-unsaturated/α-hetero) is 1. The highest BCUT2D eigenvalue weighted by Crippen LogP contribution is 2.43. The van der Waals surface area contributed by atoms with Crippen molar-refractivity contribution in [1.29, 1.82) is 0 Å². The quantitative estimate of drug-likeness (QED) is 0.221. The number of ketones is 1. The average Bonchev–Trinajstić information content (AvgIpc) is 3.17. The SMILES string of the molecule is COc1ccc(N2C(=O)C(=O)/C(=C(\O)c3ccc(OC)c(C(C)(C)C)c3)C2c2ccc(C(C)(C)C)cc2)cc1. The Morgan fingerprint density at radius 2 is 1.41 bits per heavy atom. The van der Waals surface area contributed by atoms with E-state index in [1.165, 1.54) is 4.90 Å². The van der Waals surface area contributed by atoms with Crippen LogP contribution < -0.4 is 14.4 Å². The van der Waals surface area contributed by atoms with Gasteiger partial charge in [0.25, 0.3) is 11.7 Å². The minimum atomic E-state index is -0.812. The van der Waals surface area contributed by atoms with E-state index in [1.807, 2.05) is 51.1 Å². The first-order valence-corrected chi connectivity index (χ1v) is 13.0. The molecule has 1 heterocycles. The van der Waals surface area contributed by atoms with E-state index in [2.05, 4.69) is 20.8 Å². The maximum absolute atomic E-state index is 13.6. The minimum Gasteiger partial charge on any atom is -0.507 e. The van der Waals surface area contributed by atoms with Crippen molar-refractivity contribution < 1.29 is 24.2 Å². The Hall–Kier alpha value is -4.06. The van der Waals surface area contributed by atoms with E-state index in [9.17, 15) is 14.7 Å². The summed E-state index contributed by atoms with van der Waals surface area (Å²) in [5, 5.41) is 11.6. The summed E-state index contributed by atoms with van der Waals surface area (Å²) in [4.78, 5) is 28.6. The lowest BCUT2D eigenvalue weighted by atomic mass is 9.84. The number of anilines is 1. The normalized spacial score (nSPS) is 17.4. The number of aliphatic hydroxyl groups is 1. The summed E-state index contributed by atoms with van der Waals surface area (Å²) in [6, 6.07) is 19.3. The van der Waals surface area contributed by atoms with E-state index < -0.39 is 17.7 Å². The monoisotopic (exact) mass is 527 g/mol. The average molecular weight is 528 g/mol. The molecule has 1 fully saturated rings. The van der Waals surface area contributed by atoms with E-state index in [1.54, 1.807) is 50.6 Å². The lowest BCUT2D eigenvalue weighted by Crippen LogP contribution is -2.29. The first-order valence-electron chi connectivity index (χ1n) is 13.0. The van der Waals surface area contributed by atoms with Crippen LogP contribution in [0.4, 0.5) is 5.69 Å². The predicted molar refractivity (Wildman–Crippen MR) is 155 cm³/mol. The van der Waals surface area contributed by atoms with Crippen LogP contribution in [0.25, 0.3) is 5.76 Å². The van der Waals surface area contributed by atoms with Gasteiger partial charge in [-0.1, -0.05) is 65.8 Å². The molecule has 204 valence electrons. The van der Waals surface area contributed by atoms with Crippen LogP contribution in [0.5, 0.6) is 11.5 Å². The zero-order valence-corrected chi connectivity index (χ0v) is 24.0. The minimum absolute atomic E-state index is 0.0457. The summed E-state index contributed by atoms with van der Waals surface area (Å²) in [5.74, 6) is -0.332. The Morgan fingerprint density at radius 3 is 1.92 bits per heavy atom. The van der Waals surface area contributed by atoms with Gasteiger partial charge in [-0.3, -0.25) is 14.5 Å². The summed E-state index contributed by atoms with van der Waals surface area (Å²) in [6.07, 6.45) is 0. The zero-order chi connectivity index (χ0) is 28.7. The number of nitrogens with zero attached hydrogens (tertiary/aromatic N) is 1. The van der Waals surface area contributed by atoms with Gasteiger partial charge < -0.3 is 14.6 Å². The van der Waals surface area contributed by atoms with Gasteiger partial charge >= 0.3 is 0 Å². The van der Waals surface area contributed by atoms with E-state index in [4.69, 9.17) is 9.47 Å². The van der Waals surface area contributed by atoms with Gasteiger partial charge in [0.2, 0.25) is 0 Å². The van der Waals surface area contributed by atoms with Gasteiger partial charge in [0.1, 0.15) is 17.3 Å². The van der Waals surface area contributed by atoms with Gasteiger partial charge in [-0.2, -0.15) is 0 Å². The summed E-state index contributed by atoms with van der Waals surface area (Å²) in [7, 11) is 3.17. The smallest absolute Gasteiger partial charge is 0.300 e. The maximum Gasteiger partial charge on any atom is 0.300 e. The largest absolute Gasteiger partial charge is 0.507 e. The van der Waals surface area contributed by atoms with Crippen molar-refractivity contribution in [1.82, 2.24) is 0 Å². The van der Waals surface area contributed by atoms with E-state index in [0.29, 0.717) is 22.7 Å². The van der Waals surface area contributed by atoms with Crippen LogP contribution in [0.2, 0.25) is 0 Å². The number of carbonyl (C=O) groups excluding carboxylic acids is 2. The lowest BCUT2D eigenvalue weighted by molar-refractivity contribution is -0.132. The Kier molecular flexibility index (Phi) is 7.35. The van der Waals surface area contributed by atoms with E-state index >= 15 is 0 Å². The molecule has 6 heteroatoms. The predicted octanol–water partition coefficient (Wildman–Crippen LogP) is 6.93. The molecule has 1 unspecified atom stereocenters. The van der Waals surface area contributed by atoms with Crippen molar-refractivity contribution in [3.05, 3.63) is 94.6 Å². The molecule has 1 saturated heterocycles. The number of methoxy groups -OCH3 is 2. The Morgan fingerprint density at radius 1 is 0.795 bits per heavy atom. The fourth-order valence-corrected chi connectivity index (χ4v) is 4.92. The molecule has 4 rings (SSSR count). The number of benzene rings is 3. The number of aliphatic hydroxyl groups excluding tert-OH is 1. The van der Waals surface area contributed by atoms with Crippen LogP contribution in [0.1, 0.15) is 69.8 Å². The standard InChI is InChI=1S/C33H37NO5/c1-32(2,3)22-12-9-20(10-13-22)28-27(29(35)21-11-18-26(39-8)25(19-21)33(4,5)6)30(36)31(37)34(28)23-14-16-24(38-7)17-15-23/h9-19,28,35H,1-8H3/b29-27-. The zero-order valence-electron chi connectivity index (χ0n) is 24.0. The van der Waals surface area contributed by atoms with Gasteiger partial charge in [-0.25, -0.2) is 0 Å². The fraction of sp³-hybridized carbons (Fsp3) is 0.333. The molecule has 0 radical (unpaired) electrons. The maximum atomic E-state index is 13.6. The van der Waals surface area contributed by atoms with Crippen LogP contribution in [-0.2, 0) is 20.4 Å². The summed E-state index contributed by atoms with van der Waals surface area (Å²) in [5.41, 5.74) is 3.41. The second-order valence-corrected chi connectivity index (χ2v) is 11.9. The molecule has 0 aromatic heterocycles. The van der Waals surface area contributed by atoms with Crippen molar-refractivity contribution in [2.75, 3.05) is 19.1 Å². The molecule has 1 aliphatic heterocycles. The molecular weight excluding hydrogens is 490 g/mol. The third kappa shape index (κ3) is 5.29. The first-order chi connectivity index (χ1) is 18.3. The lowest BCUT2D eigenvalue weighted by Gasteiger charge is -2.27. The number of rotatable bonds is 5. The van der Waals surface area contributed by atoms with Crippen LogP contribution in [0, 0.1) is 0 Å². The van der Waals surface area contributed by atoms with Crippen LogP contribution in [0.3, 0.4) is 0 Å². The molecule has 3 aromatic carbocycles. The highest BCUT2D eigenvalue weighted by molar-refractivity contribution is 6.51. The molecule has 0 spiro atoms. The highest BCUT2D eigenvalue weighted by Gasteiger charge is 2.47. The molecule has 39 heavy (non-hydrogen) atoms. The molecule has 1 aliphatic rings. The van der Waals surface area contributed by atoms with Gasteiger partial charge in [0.15, 0.2) is 0 Å². The first kappa shape index (κ1) is 28.0. The number of hydrogen-bond donors (Lipinski definition) is 1. The summed E-state index contributed by atoms with van der Waals surface area (Å²) < 4.78 is 10.8. The van der Waals surface area contributed by atoms with Gasteiger partial charge in [-0.15, -0.1) is 0 Å². The molecule has 0 aliphatic carbocycles. The summed E-state index contributed by atoms with van der Waals surface area (Å²) >= 11 is 0.